The first-order chi connectivity index (χ1) is 13.9. The van der Waals surface area contributed by atoms with Gasteiger partial charge in [-0.2, -0.15) is 0 Å². The van der Waals surface area contributed by atoms with Crippen molar-refractivity contribution >= 4 is 17.7 Å². The lowest BCUT2D eigenvalue weighted by Gasteiger charge is -2.44. The maximum Gasteiger partial charge on any atom is 0.255 e. The quantitative estimate of drug-likeness (QED) is 0.748. The van der Waals surface area contributed by atoms with Gasteiger partial charge in [-0.1, -0.05) is 25.1 Å². The molecule has 4 rings (SSSR count). The number of amides is 3. The molecule has 3 N–H and O–H groups in total. The molecule has 7 heteroatoms. The standard InChI is InChI=1S/C22H30N4O3/c1-13-6-7-17(10-23)25(14(13)2)11-15-4-3-5-16-12-26(22(29)20(15)16)18-8-9-19(27)24-21(18)28/h3-5,13-14,17-18H,6-12,23H2,1-2H3,(H,24,27,28). The van der Waals surface area contributed by atoms with E-state index in [1.54, 1.807) is 4.90 Å². The van der Waals surface area contributed by atoms with E-state index in [0.717, 1.165) is 23.1 Å². The number of carbonyl (C=O) groups excluding carboxylic acids is 3. The maximum atomic E-state index is 13.3. The molecule has 1 aromatic rings. The number of rotatable bonds is 4. The molecule has 4 atom stereocenters. The average Bonchev–Trinajstić information content (AvgIpc) is 3.03. The fraction of sp³-hybridized carbons (Fsp3) is 0.591. The van der Waals surface area contributed by atoms with E-state index in [1.165, 1.54) is 6.42 Å². The molecular formula is C22H30N4O3. The van der Waals surface area contributed by atoms with E-state index in [2.05, 4.69) is 24.1 Å². The highest BCUT2D eigenvalue weighted by molar-refractivity contribution is 6.05. The minimum Gasteiger partial charge on any atom is -0.329 e. The van der Waals surface area contributed by atoms with Crippen molar-refractivity contribution in [3.05, 3.63) is 34.9 Å². The van der Waals surface area contributed by atoms with Gasteiger partial charge in [0.15, 0.2) is 0 Å². The largest absolute Gasteiger partial charge is 0.329 e. The van der Waals surface area contributed by atoms with Crippen molar-refractivity contribution in [1.29, 1.82) is 0 Å². The van der Waals surface area contributed by atoms with Crippen LogP contribution in [0.1, 0.15) is 61.0 Å². The lowest BCUT2D eigenvalue weighted by atomic mass is 9.86. The summed E-state index contributed by atoms with van der Waals surface area (Å²) in [5.41, 5.74) is 8.73. The molecule has 2 fully saturated rings. The van der Waals surface area contributed by atoms with Crippen molar-refractivity contribution in [2.75, 3.05) is 6.54 Å². The summed E-state index contributed by atoms with van der Waals surface area (Å²) in [5, 5.41) is 2.36. The predicted molar refractivity (Wildman–Crippen MR) is 109 cm³/mol. The van der Waals surface area contributed by atoms with E-state index in [0.29, 0.717) is 44.1 Å². The minimum atomic E-state index is -0.578. The molecule has 3 aliphatic rings. The van der Waals surface area contributed by atoms with Crippen molar-refractivity contribution in [2.24, 2.45) is 11.7 Å². The van der Waals surface area contributed by atoms with Gasteiger partial charge in [0, 0.05) is 43.7 Å². The molecule has 0 bridgehead atoms. The molecule has 7 nitrogen and oxygen atoms in total. The zero-order chi connectivity index (χ0) is 20.7. The van der Waals surface area contributed by atoms with Crippen LogP contribution < -0.4 is 11.1 Å². The number of fused-ring (bicyclic) bond motifs is 1. The van der Waals surface area contributed by atoms with E-state index in [-0.39, 0.29) is 24.1 Å². The Balaban J connectivity index is 1.59. The Morgan fingerprint density at radius 2 is 1.93 bits per heavy atom. The summed E-state index contributed by atoms with van der Waals surface area (Å²) in [6.07, 6.45) is 2.91. The van der Waals surface area contributed by atoms with Crippen LogP contribution in [0.5, 0.6) is 0 Å². The van der Waals surface area contributed by atoms with Gasteiger partial charge in [-0.25, -0.2) is 0 Å². The number of imide groups is 1. The Kier molecular flexibility index (Phi) is 5.44. The molecule has 2 saturated heterocycles. The van der Waals surface area contributed by atoms with Crippen molar-refractivity contribution < 1.29 is 14.4 Å². The van der Waals surface area contributed by atoms with Gasteiger partial charge >= 0.3 is 0 Å². The fourth-order valence-corrected chi connectivity index (χ4v) is 5.07. The van der Waals surface area contributed by atoms with Gasteiger partial charge < -0.3 is 10.6 Å². The Morgan fingerprint density at radius 3 is 2.66 bits per heavy atom. The smallest absolute Gasteiger partial charge is 0.255 e. The molecule has 1 aromatic carbocycles. The normalized spacial score (nSPS) is 30.4. The summed E-state index contributed by atoms with van der Waals surface area (Å²) in [6, 6.07) is 6.11. The second kappa shape index (κ2) is 7.88. The molecule has 0 spiro atoms. The fourth-order valence-electron chi connectivity index (χ4n) is 5.07. The second-order valence-electron chi connectivity index (χ2n) is 8.71. The third kappa shape index (κ3) is 3.57. The summed E-state index contributed by atoms with van der Waals surface area (Å²) in [6.45, 7) is 6.23. The van der Waals surface area contributed by atoms with Crippen molar-refractivity contribution in [1.82, 2.24) is 15.1 Å². The van der Waals surface area contributed by atoms with Gasteiger partial charge in [-0.15, -0.1) is 0 Å². The number of hydrogen-bond donors (Lipinski definition) is 2. The Morgan fingerprint density at radius 1 is 1.14 bits per heavy atom. The van der Waals surface area contributed by atoms with Crippen molar-refractivity contribution in [2.45, 2.75) is 70.7 Å². The number of nitrogens with one attached hydrogen (secondary N) is 1. The number of carbonyl (C=O) groups is 3. The van der Waals surface area contributed by atoms with Gasteiger partial charge in [0.2, 0.25) is 11.8 Å². The summed E-state index contributed by atoms with van der Waals surface area (Å²) in [7, 11) is 0. The number of benzene rings is 1. The molecule has 0 radical (unpaired) electrons. The predicted octanol–water partition coefficient (Wildman–Crippen LogP) is 1.40. The van der Waals surface area contributed by atoms with Crippen LogP contribution in [-0.2, 0) is 22.7 Å². The summed E-state index contributed by atoms with van der Waals surface area (Å²) in [4.78, 5) is 41.1. The Labute approximate surface area is 171 Å². The van der Waals surface area contributed by atoms with Gasteiger partial charge in [0.05, 0.1) is 0 Å². The minimum absolute atomic E-state index is 0.105. The maximum absolute atomic E-state index is 13.3. The van der Waals surface area contributed by atoms with Crippen LogP contribution in [0.25, 0.3) is 0 Å². The topological polar surface area (TPSA) is 95.7 Å². The number of nitrogens with two attached hydrogens (primary N) is 1. The number of hydrogen-bond acceptors (Lipinski definition) is 5. The average molecular weight is 399 g/mol. The highest BCUT2D eigenvalue weighted by atomic mass is 16.2. The SMILES string of the molecule is CC1CCC(CN)N(Cc2cccc3c2C(=O)N(C2CCC(=O)NC2=O)C3)C1C. The van der Waals surface area contributed by atoms with E-state index in [9.17, 15) is 14.4 Å². The van der Waals surface area contributed by atoms with Crippen LogP contribution in [0.2, 0.25) is 0 Å². The molecule has 4 unspecified atom stereocenters. The molecule has 0 aromatic heterocycles. The molecule has 0 saturated carbocycles. The zero-order valence-corrected chi connectivity index (χ0v) is 17.2. The van der Waals surface area contributed by atoms with Gasteiger partial charge in [-0.05, 0) is 43.2 Å². The van der Waals surface area contributed by atoms with Crippen molar-refractivity contribution in [3.8, 4) is 0 Å². The molecule has 156 valence electrons. The third-order valence-corrected chi connectivity index (χ3v) is 7.03. The monoisotopic (exact) mass is 398 g/mol. The van der Waals surface area contributed by atoms with Gasteiger partial charge in [0.25, 0.3) is 5.91 Å². The van der Waals surface area contributed by atoms with Crippen LogP contribution in [0.15, 0.2) is 18.2 Å². The molecule has 3 amide bonds. The zero-order valence-electron chi connectivity index (χ0n) is 17.2. The van der Waals surface area contributed by atoms with Crippen molar-refractivity contribution in [3.63, 3.8) is 0 Å². The highest BCUT2D eigenvalue weighted by Gasteiger charge is 2.40. The first kappa shape index (κ1) is 20.0. The highest BCUT2D eigenvalue weighted by Crippen LogP contribution is 2.33. The van der Waals surface area contributed by atoms with Gasteiger partial charge in [-0.3, -0.25) is 24.6 Å². The lowest BCUT2D eigenvalue weighted by Crippen LogP contribution is -2.52. The molecule has 29 heavy (non-hydrogen) atoms. The first-order valence-electron chi connectivity index (χ1n) is 10.6. The number of likely N-dealkylation sites (tertiary alicyclic amines) is 1. The van der Waals surface area contributed by atoms with Crippen LogP contribution >= 0.6 is 0 Å². The van der Waals surface area contributed by atoms with E-state index in [4.69, 9.17) is 5.73 Å². The molecular weight excluding hydrogens is 368 g/mol. The summed E-state index contributed by atoms with van der Waals surface area (Å²) in [5.74, 6) is -0.153. The van der Waals surface area contributed by atoms with Gasteiger partial charge in [0.1, 0.15) is 6.04 Å². The van der Waals surface area contributed by atoms with E-state index < -0.39 is 6.04 Å². The number of piperidine rings is 2. The van der Waals surface area contributed by atoms with Crippen LogP contribution in [0, 0.1) is 5.92 Å². The Hall–Kier alpha value is -2.25. The Bertz CT molecular complexity index is 837. The summed E-state index contributed by atoms with van der Waals surface area (Å²) >= 11 is 0. The van der Waals surface area contributed by atoms with Crippen LogP contribution in [0.3, 0.4) is 0 Å². The third-order valence-electron chi connectivity index (χ3n) is 7.03. The number of nitrogens with zero attached hydrogens (tertiary/aromatic N) is 2. The molecule has 0 aliphatic carbocycles. The molecule has 3 heterocycles. The van der Waals surface area contributed by atoms with Crippen LogP contribution in [-0.4, -0.2) is 52.2 Å². The summed E-state index contributed by atoms with van der Waals surface area (Å²) < 4.78 is 0. The van der Waals surface area contributed by atoms with E-state index >= 15 is 0 Å². The first-order valence-corrected chi connectivity index (χ1v) is 10.6. The lowest BCUT2D eigenvalue weighted by molar-refractivity contribution is -0.136. The van der Waals surface area contributed by atoms with E-state index in [1.807, 2.05) is 18.2 Å². The van der Waals surface area contributed by atoms with Crippen LogP contribution in [0.4, 0.5) is 0 Å². The second-order valence-corrected chi connectivity index (χ2v) is 8.71. The molecule has 3 aliphatic heterocycles.